The van der Waals surface area contributed by atoms with E-state index in [0.717, 1.165) is 63.7 Å². The van der Waals surface area contributed by atoms with Crippen molar-refractivity contribution in [2.75, 3.05) is 26.8 Å². The van der Waals surface area contributed by atoms with E-state index in [1.807, 2.05) is 4.57 Å². The summed E-state index contributed by atoms with van der Waals surface area (Å²) in [6, 6.07) is 4.47. The number of likely N-dealkylation sites (tertiary alicyclic amines) is 1. The Morgan fingerprint density at radius 1 is 1.26 bits per heavy atom. The molecule has 3 heterocycles. The average molecular weight is 445 g/mol. The van der Waals surface area contributed by atoms with E-state index in [1.54, 1.807) is 23.1 Å². The Morgan fingerprint density at radius 2 is 2.06 bits per heavy atom. The van der Waals surface area contributed by atoms with Crippen molar-refractivity contribution in [1.29, 1.82) is 0 Å². The van der Waals surface area contributed by atoms with Crippen LogP contribution in [0.2, 0.25) is 0 Å². The monoisotopic (exact) mass is 444 g/mol. The predicted octanol–water partition coefficient (Wildman–Crippen LogP) is 3.31. The van der Waals surface area contributed by atoms with Gasteiger partial charge in [0.2, 0.25) is 5.91 Å². The molecule has 1 unspecified atom stereocenters. The average Bonchev–Trinajstić information content (AvgIpc) is 3.20. The Bertz CT molecular complexity index is 970. The van der Waals surface area contributed by atoms with Crippen LogP contribution in [0.25, 0.3) is 0 Å². The molecule has 1 atom stereocenters. The van der Waals surface area contributed by atoms with Crippen molar-refractivity contribution in [3.05, 3.63) is 38.7 Å². The van der Waals surface area contributed by atoms with Crippen LogP contribution >= 0.6 is 11.3 Å². The van der Waals surface area contributed by atoms with Gasteiger partial charge in [0.25, 0.3) is 0 Å². The van der Waals surface area contributed by atoms with Gasteiger partial charge in [0, 0.05) is 37.0 Å². The summed E-state index contributed by atoms with van der Waals surface area (Å²) in [5.41, 5.74) is -0.367. The first-order valence-corrected chi connectivity index (χ1v) is 12.5. The molecule has 7 nitrogen and oxygen atoms in total. The lowest BCUT2D eigenvalue weighted by Gasteiger charge is -2.38. The van der Waals surface area contributed by atoms with Crippen molar-refractivity contribution in [2.45, 2.75) is 75.3 Å². The molecule has 0 N–H and O–H groups in total. The van der Waals surface area contributed by atoms with Gasteiger partial charge >= 0.3 is 5.69 Å². The molecule has 8 heteroatoms. The van der Waals surface area contributed by atoms with Crippen molar-refractivity contribution in [3.8, 4) is 0 Å². The Kier molecular flexibility index (Phi) is 5.77. The van der Waals surface area contributed by atoms with Crippen molar-refractivity contribution in [3.63, 3.8) is 0 Å². The number of rotatable bonds is 7. The van der Waals surface area contributed by atoms with Gasteiger partial charge < -0.3 is 9.64 Å². The first-order valence-electron chi connectivity index (χ1n) is 11.7. The SMILES string of the molecule is COCCn1nc(C2CCCN(C(=O)C3(c4cccs4)CCCC3)C2)n(C2CC2)c1=O. The Balaban J connectivity index is 1.41. The maximum absolute atomic E-state index is 13.9. The summed E-state index contributed by atoms with van der Waals surface area (Å²) in [5.74, 6) is 1.28. The minimum Gasteiger partial charge on any atom is -0.383 e. The second-order valence-corrected chi connectivity index (χ2v) is 10.3. The number of amides is 1. The van der Waals surface area contributed by atoms with Crippen LogP contribution in [-0.4, -0.2) is 52.0 Å². The second-order valence-electron chi connectivity index (χ2n) is 9.31. The summed E-state index contributed by atoms with van der Waals surface area (Å²) in [4.78, 5) is 30.1. The maximum Gasteiger partial charge on any atom is 0.346 e. The molecule has 3 fully saturated rings. The first-order chi connectivity index (χ1) is 15.1. The highest BCUT2D eigenvalue weighted by Crippen LogP contribution is 2.45. The molecule has 0 radical (unpaired) electrons. The highest BCUT2D eigenvalue weighted by Gasteiger charge is 2.47. The fraction of sp³-hybridized carbons (Fsp3) is 0.696. The fourth-order valence-corrected chi connectivity index (χ4v) is 6.46. The van der Waals surface area contributed by atoms with Crippen molar-refractivity contribution in [2.24, 2.45) is 0 Å². The standard InChI is InChI=1S/C23H32N4O3S/c1-30-14-13-26-22(29)27(18-8-9-18)20(24-26)17-6-4-12-25(16-17)21(28)23(10-2-3-11-23)19-7-5-15-31-19/h5,7,15,17-18H,2-4,6,8-14,16H2,1H3. The van der Waals surface area contributed by atoms with Crippen LogP contribution in [0.15, 0.2) is 22.3 Å². The molecule has 0 spiro atoms. The number of hydrogen-bond donors (Lipinski definition) is 0. The molecule has 1 aliphatic heterocycles. The molecule has 1 saturated heterocycles. The summed E-state index contributed by atoms with van der Waals surface area (Å²) in [5, 5.41) is 6.83. The lowest BCUT2D eigenvalue weighted by molar-refractivity contribution is -0.138. The molecular weight excluding hydrogens is 412 g/mol. The lowest BCUT2D eigenvalue weighted by Crippen LogP contribution is -2.49. The van der Waals surface area contributed by atoms with Gasteiger partial charge in [-0.25, -0.2) is 9.48 Å². The van der Waals surface area contributed by atoms with Gasteiger partial charge in [-0.05, 0) is 50.0 Å². The van der Waals surface area contributed by atoms with Crippen LogP contribution in [0.1, 0.15) is 74.0 Å². The number of carbonyl (C=O) groups is 1. The molecule has 1 amide bonds. The van der Waals surface area contributed by atoms with E-state index in [1.165, 1.54) is 4.88 Å². The summed E-state index contributed by atoms with van der Waals surface area (Å²) in [6.45, 7) is 2.42. The zero-order valence-corrected chi connectivity index (χ0v) is 19.1. The normalized spacial score (nSPS) is 23.4. The van der Waals surface area contributed by atoms with Crippen molar-refractivity contribution in [1.82, 2.24) is 19.2 Å². The third-order valence-corrected chi connectivity index (χ3v) is 8.32. The van der Waals surface area contributed by atoms with Gasteiger partial charge in [0.05, 0.1) is 18.6 Å². The van der Waals surface area contributed by atoms with E-state index in [9.17, 15) is 9.59 Å². The third-order valence-electron chi connectivity index (χ3n) is 7.25. The zero-order chi connectivity index (χ0) is 21.4. The summed E-state index contributed by atoms with van der Waals surface area (Å²) in [7, 11) is 1.64. The predicted molar refractivity (Wildman–Crippen MR) is 120 cm³/mol. The number of nitrogens with zero attached hydrogens (tertiary/aromatic N) is 4. The molecule has 168 valence electrons. The maximum atomic E-state index is 13.9. The molecule has 0 bridgehead atoms. The lowest BCUT2D eigenvalue weighted by atomic mass is 9.81. The molecule has 2 aromatic rings. The number of aromatic nitrogens is 3. The minimum absolute atomic E-state index is 0.0242. The smallest absolute Gasteiger partial charge is 0.346 e. The number of piperidine rings is 1. The molecule has 0 aromatic carbocycles. The minimum atomic E-state index is -0.343. The first kappa shape index (κ1) is 20.9. The van der Waals surface area contributed by atoms with Gasteiger partial charge in [-0.3, -0.25) is 9.36 Å². The molecule has 2 aromatic heterocycles. The van der Waals surface area contributed by atoms with E-state index < -0.39 is 0 Å². The van der Waals surface area contributed by atoms with Crippen LogP contribution in [0.5, 0.6) is 0 Å². The summed E-state index contributed by atoms with van der Waals surface area (Å²) >= 11 is 1.72. The number of thiophene rings is 1. The van der Waals surface area contributed by atoms with E-state index in [0.29, 0.717) is 19.7 Å². The molecule has 31 heavy (non-hydrogen) atoms. The number of hydrogen-bond acceptors (Lipinski definition) is 5. The zero-order valence-electron chi connectivity index (χ0n) is 18.3. The van der Waals surface area contributed by atoms with E-state index in [2.05, 4.69) is 22.4 Å². The van der Waals surface area contributed by atoms with Gasteiger partial charge in [-0.15, -0.1) is 11.3 Å². The van der Waals surface area contributed by atoms with Crippen LogP contribution < -0.4 is 5.69 Å². The molecule has 2 saturated carbocycles. The van der Waals surface area contributed by atoms with Crippen LogP contribution in [0, 0.1) is 0 Å². The third kappa shape index (κ3) is 3.78. The molecular formula is C23H32N4O3S. The second kappa shape index (κ2) is 8.54. The Hall–Kier alpha value is -1.93. The highest BCUT2D eigenvalue weighted by molar-refractivity contribution is 7.10. The van der Waals surface area contributed by atoms with Crippen molar-refractivity contribution >= 4 is 17.2 Å². The quantitative estimate of drug-likeness (QED) is 0.657. The van der Waals surface area contributed by atoms with Crippen molar-refractivity contribution < 1.29 is 9.53 Å². The molecule has 2 aliphatic carbocycles. The number of methoxy groups -OCH3 is 1. The molecule has 5 rings (SSSR count). The topological polar surface area (TPSA) is 69.4 Å². The van der Waals surface area contributed by atoms with Crippen LogP contribution in [0.4, 0.5) is 0 Å². The Labute approximate surface area is 187 Å². The number of carbonyl (C=O) groups excluding carboxylic acids is 1. The van der Waals surface area contributed by atoms with Gasteiger partial charge in [-0.1, -0.05) is 18.9 Å². The highest BCUT2D eigenvalue weighted by atomic mass is 32.1. The largest absolute Gasteiger partial charge is 0.383 e. The fourth-order valence-electron chi connectivity index (χ4n) is 5.48. The Morgan fingerprint density at radius 3 is 2.74 bits per heavy atom. The van der Waals surface area contributed by atoms with Crippen LogP contribution in [-0.2, 0) is 21.5 Å². The van der Waals surface area contributed by atoms with E-state index in [-0.39, 0.29) is 29.0 Å². The van der Waals surface area contributed by atoms with Crippen LogP contribution in [0.3, 0.4) is 0 Å². The number of ether oxygens (including phenoxy) is 1. The molecule has 3 aliphatic rings. The summed E-state index contributed by atoms with van der Waals surface area (Å²) in [6.07, 6.45) is 8.15. The van der Waals surface area contributed by atoms with Gasteiger partial charge in [0.15, 0.2) is 0 Å². The van der Waals surface area contributed by atoms with E-state index >= 15 is 0 Å². The van der Waals surface area contributed by atoms with Gasteiger partial charge in [0.1, 0.15) is 5.82 Å². The summed E-state index contributed by atoms with van der Waals surface area (Å²) < 4.78 is 8.64. The van der Waals surface area contributed by atoms with Gasteiger partial charge in [-0.2, -0.15) is 5.10 Å². The van der Waals surface area contributed by atoms with E-state index in [4.69, 9.17) is 9.84 Å².